The van der Waals surface area contributed by atoms with Gasteiger partial charge in [-0.15, -0.1) is 11.8 Å². The molecule has 2 aromatic rings. The molecule has 3 heteroatoms. The van der Waals surface area contributed by atoms with Crippen LogP contribution in [0.5, 0.6) is 0 Å². The lowest BCUT2D eigenvalue weighted by atomic mass is 10.2. The Hall–Kier alpha value is -1.48. The van der Waals surface area contributed by atoms with Crippen molar-refractivity contribution < 1.29 is 4.42 Å². The Balaban J connectivity index is 2.54. The van der Waals surface area contributed by atoms with Gasteiger partial charge >= 0.3 is 5.63 Å². The normalized spacial score (nSPS) is 10.2. The van der Waals surface area contributed by atoms with Crippen molar-refractivity contribution in [2.45, 2.75) is 4.90 Å². The maximum atomic E-state index is 11.3. The summed E-state index contributed by atoms with van der Waals surface area (Å²) in [5.74, 6) is 0.618. The average Bonchev–Trinajstić information content (AvgIpc) is 2.29. The fourth-order valence-electron chi connectivity index (χ4n) is 1.32. The van der Waals surface area contributed by atoms with Crippen LogP contribution in [-0.4, -0.2) is 6.26 Å². The van der Waals surface area contributed by atoms with Gasteiger partial charge in [-0.2, -0.15) is 0 Å². The molecule has 0 aliphatic heterocycles. The third-order valence-electron chi connectivity index (χ3n) is 2.04. The molecule has 0 aliphatic carbocycles. The fourth-order valence-corrected chi connectivity index (χ4v) is 1.76. The molecule has 1 heterocycles. The quantitative estimate of drug-likeness (QED) is 0.726. The first kappa shape index (κ1) is 10.1. The smallest absolute Gasteiger partial charge is 0.337 e. The molecule has 0 aliphatic rings. The van der Waals surface area contributed by atoms with E-state index in [1.165, 1.54) is 17.8 Å². The zero-order valence-electron chi connectivity index (χ0n) is 8.27. The highest BCUT2D eigenvalue weighted by molar-refractivity contribution is 7.98. The number of rotatable bonds is 2. The predicted molar refractivity (Wildman–Crippen MR) is 62.2 cm³/mol. The molecule has 0 fully saturated rings. The van der Waals surface area contributed by atoms with Crippen LogP contribution in [0.25, 0.3) is 11.3 Å². The van der Waals surface area contributed by atoms with E-state index in [0.29, 0.717) is 5.76 Å². The Labute approximate surface area is 91.9 Å². The van der Waals surface area contributed by atoms with Gasteiger partial charge in [0.1, 0.15) is 5.76 Å². The van der Waals surface area contributed by atoms with Gasteiger partial charge in [0, 0.05) is 16.5 Å². The molecule has 0 saturated heterocycles. The topological polar surface area (TPSA) is 30.2 Å². The summed E-state index contributed by atoms with van der Waals surface area (Å²) >= 11 is 1.53. The van der Waals surface area contributed by atoms with E-state index >= 15 is 0 Å². The number of benzene rings is 1. The largest absolute Gasteiger partial charge is 0.423 e. The molecular weight excluding hydrogens is 208 g/mol. The second kappa shape index (κ2) is 4.36. The monoisotopic (exact) mass is 218 g/mol. The Morgan fingerprint density at radius 2 is 1.87 bits per heavy atom. The summed E-state index contributed by atoms with van der Waals surface area (Å²) in [5.41, 5.74) is 0.617. The van der Waals surface area contributed by atoms with Crippen LogP contribution in [0, 0.1) is 0 Å². The third-order valence-corrected chi connectivity index (χ3v) is 2.75. The maximum absolute atomic E-state index is 11.3. The lowest BCUT2D eigenvalue weighted by Crippen LogP contribution is -1.97. The molecule has 0 saturated carbocycles. The van der Waals surface area contributed by atoms with Gasteiger partial charge in [-0.05, 0) is 12.3 Å². The van der Waals surface area contributed by atoms with E-state index in [1.807, 2.05) is 42.7 Å². The van der Waals surface area contributed by atoms with Crippen LogP contribution in [-0.2, 0) is 0 Å². The van der Waals surface area contributed by atoms with E-state index in [-0.39, 0.29) is 5.63 Å². The van der Waals surface area contributed by atoms with Gasteiger partial charge in [-0.3, -0.25) is 0 Å². The van der Waals surface area contributed by atoms with E-state index in [1.54, 1.807) is 0 Å². The Bertz CT molecular complexity index is 503. The summed E-state index contributed by atoms with van der Waals surface area (Å²) in [6.07, 6.45) is 1.93. The van der Waals surface area contributed by atoms with Crippen LogP contribution in [0.1, 0.15) is 0 Å². The summed E-state index contributed by atoms with van der Waals surface area (Å²) in [5, 5.41) is 0. The molecular formula is C12H10O2S. The summed E-state index contributed by atoms with van der Waals surface area (Å²) in [7, 11) is 0. The zero-order chi connectivity index (χ0) is 10.7. The molecule has 0 spiro atoms. The van der Waals surface area contributed by atoms with Gasteiger partial charge in [0.25, 0.3) is 0 Å². The summed E-state index contributed by atoms with van der Waals surface area (Å²) in [6, 6.07) is 13.0. The Morgan fingerprint density at radius 1 is 1.13 bits per heavy atom. The molecule has 0 amide bonds. The molecule has 1 aromatic carbocycles. The lowest BCUT2D eigenvalue weighted by molar-refractivity contribution is 0.521. The van der Waals surface area contributed by atoms with E-state index in [2.05, 4.69) is 0 Å². The summed E-state index contributed by atoms with van der Waals surface area (Å²) in [4.78, 5) is 12.2. The van der Waals surface area contributed by atoms with Gasteiger partial charge in [0.15, 0.2) is 0 Å². The highest BCUT2D eigenvalue weighted by atomic mass is 32.2. The van der Waals surface area contributed by atoms with Crippen molar-refractivity contribution in [2.24, 2.45) is 0 Å². The molecule has 2 rings (SSSR count). The highest BCUT2D eigenvalue weighted by Crippen LogP contribution is 2.22. The fraction of sp³-hybridized carbons (Fsp3) is 0.0833. The van der Waals surface area contributed by atoms with Gasteiger partial charge in [0.05, 0.1) is 0 Å². The molecule has 0 radical (unpaired) electrons. The van der Waals surface area contributed by atoms with E-state index in [9.17, 15) is 4.79 Å². The number of thioether (sulfide) groups is 1. The van der Waals surface area contributed by atoms with Crippen molar-refractivity contribution in [3.63, 3.8) is 0 Å². The van der Waals surface area contributed by atoms with E-state index in [0.717, 1.165) is 10.5 Å². The van der Waals surface area contributed by atoms with Crippen molar-refractivity contribution in [3.8, 4) is 11.3 Å². The van der Waals surface area contributed by atoms with Gasteiger partial charge in [-0.1, -0.05) is 30.3 Å². The Kier molecular flexibility index (Phi) is 2.92. The van der Waals surface area contributed by atoms with E-state index in [4.69, 9.17) is 4.42 Å². The van der Waals surface area contributed by atoms with E-state index < -0.39 is 0 Å². The highest BCUT2D eigenvalue weighted by Gasteiger charge is 2.02. The van der Waals surface area contributed by atoms with Crippen LogP contribution in [0.2, 0.25) is 0 Å². The van der Waals surface area contributed by atoms with Crippen molar-refractivity contribution in [2.75, 3.05) is 6.26 Å². The average molecular weight is 218 g/mol. The first-order valence-corrected chi connectivity index (χ1v) is 5.76. The first-order valence-electron chi connectivity index (χ1n) is 4.54. The number of hydrogen-bond acceptors (Lipinski definition) is 3. The molecule has 0 unspecified atom stereocenters. The summed E-state index contributed by atoms with van der Waals surface area (Å²) < 4.78 is 5.14. The molecule has 0 bridgehead atoms. The van der Waals surface area contributed by atoms with Crippen molar-refractivity contribution in [1.29, 1.82) is 0 Å². The minimum absolute atomic E-state index is 0.305. The molecule has 2 nitrogen and oxygen atoms in total. The zero-order valence-corrected chi connectivity index (χ0v) is 9.08. The minimum atomic E-state index is -0.305. The van der Waals surface area contributed by atoms with Gasteiger partial charge < -0.3 is 4.42 Å². The number of hydrogen-bond donors (Lipinski definition) is 0. The van der Waals surface area contributed by atoms with Crippen molar-refractivity contribution >= 4 is 11.8 Å². The molecule has 0 atom stereocenters. The van der Waals surface area contributed by atoms with Crippen LogP contribution >= 0.6 is 11.8 Å². The van der Waals surface area contributed by atoms with Crippen LogP contribution in [0.15, 0.2) is 56.6 Å². The minimum Gasteiger partial charge on any atom is -0.423 e. The van der Waals surface area contributed by atoms with Gasteiger partial charge in [-0.25, -0.2) is 4.79 Å². The maximum Gasteiger partial charge on any atom is 0.337 e. The van der Waals surface area contributed by atoms with Crippen LogP contribution < -0.4 is 5.63 Å². The molecule has 76 valence electrons. The van der Waals surface area contributed by atoms with Crippen LogP contribution in [0.4, 0.5) is 0 Å². The standard InChI is InChI=1S/C12H10O2S/c1-15-10-7-11(14-12(13)8-10)9-5-3-2-4-6-9/h2-8H,1H3. The first-order chi connectivity index (χ1) is 7.29. The van der Waals surface area contributed by atoms with Gasteiger partial charge in [0.2, 0.25) is 0 Å². The van der Waals surface area contributed by atoms with Crippen molar-refractivity contribution in [3.05, 3.63) is 52.9 Å². The molecule has 0 N–H and O–H groups in total. The second-order valence-electron chi connectivity index (χ2n) is 3.05. The second-order valence-corrected chi connectivity index (χ2v) is 3.93. The predicted octanol–water partition coefficient (Wildman–Crippen LogP) is 3.03. The lowest BCUT2D eigenvalue weighted by Gasteiger charge is -2.01. The molecule has 1 aromatic heterocycles. The Morgan fingerprint density at radius 3 is 2.53 bits per heavy atom. The SMILES string of the molecule is CSc1cc(-c2ccccc2)oc(=O)c1. The third kappa shape index (κ3) is 2.30. The van der Waals surface area contributed by atoms with Crippen molar-refractivity contribution in [1.82, 2.24) is 0 Å². The van der Waals surface area contributed by atoms with Crippen LogP contribution in [0.3, 0.4) is 0 Å². The molecule has 15 heavy (non-hydrogen) atoms. The summed E-state index contributed by atoms with van der Waals surface area (Å²) in [6.45, 7) is 0.